The van der Waals surface area contributed by atoms with Crippen molar-refractivity contribution in [2.45, 2.75) is 0 Å². The Kier molecular flexibility index (Phi) is 2.01. The fourth-order valence-corrected chi connectivity index (χ4v) is 1.68. The van der Waals surface area contributed by atoms with Gasteiger partial charge in [0.15, 0.2) is 16.9 Å². The molecule has 0 saturated heterocycles. The highest BCUT2D eigenvalue weighted by molar-refractivity contribution is 5.79. The normalized spacial score (nSPS) is 10.8. The summed E-state index contributed by atoms with van der Waals surface area (Å²) >= 11 is 0. The molecule has 2 heterocycles. The topological polar surface area (TPSA) is 63.6 Å². The van der Waals surface area contributed by atoms with Crippen LogP contribution >= 0.6 is 0 Å². The van der Waals surface area contributed by atoms with Crippen molar-refractivity contribution < 1.29 is 13.9 Å². The first-order valence-corrected chi connectivity index (χ1v) is 5.05. The summed E-state index contributed by atoms with van der Waals surface area (Å²) in [4.78, 5) is 11.8. The van der Waals surface area contributed by atoms with Gasteiger partial charge in [0, 0.05) is 12.1 Å². The van der Waals surface area contributed by atoms with E-state index in [2.05, 4.69) is 0 Å². The Hall–Kier alpha value is -2.49. The van der Waals surface area contributed by atoms with Crippen molar-refractivity contribution in [1.82, 2.24) is 0 Å². The zero-order chi connectivity index (χ0) is 11.8. The second-order valence-corrected chi connectivity index (χ2v) is 3.63. The SMILES string of the molecule is O=c1cc(-c2ccco2)oc2cc(O)ccc12. The first-order valence-electron chi connectivity index (χ1n) is 5.05. The summed E-state index contributed by atoms with van der Waals surface area (Å²) in [6.45, 7) is 0. The van der Waals surface area contributed by atoms with E-state index in [0.717, 1.165) is 0 Å². The molecule has 0 spiro atoms. The molecule has 3 rings (SSSR count). The molecule has 0 amide bonds. The first kappa shape index (κ1) is 9.72. The summed E-state index contributed by atoms with van der Waals surface area (Å²) in [7, 11) is 0. The lowest BCUT2D eigenvalue weighted by molar-refractivity contribution is 0.473. The molecule has 0 bridgehead atoms. The lowest BCUT2D eigenvalue weighted by atomic mass is 10.2. The molecule has 17 heavy (non-hydrogen) atoms. The Morgan fingerprint density at radius 2 is 1.94 bits per heavy atom. The third-order valence-electron chi connectivity index (χ3n) is 2.48. The third kappa shape index (κ3) is 1.59. The molecule has 0 radical (unpaired) electrons. The largest absolute Gasteiger partial charge is 0.508 e. The molecule has 1 aromatic carbocycles. The predicted molar refractivity (Wildman–Crippen MR) is 61.9 cm³/mol. The summed E-state index contributed by atoms with van der Waals surface area (Å²) < 4.78 is 10.7. The van der Waals surface area contributed by atoms with Gasteiger partial charge in [-0.15, -0.1) is 0 Å². The van der Waals surface area contributed by atoms with Crippen molar-refractivity contribution in [1.29, 1.82) is 0 Å². The predicted octanol–water partition coefficient (Wildman–Crippen LogP) is 2.76. The molecule has 0 unspecified atom stereocenters. The minimum Gasteiger partial charge on any atom is -0.508 e. The highest BCUT2D eigenvalue weighted by atomic mass is 16.4. The van der Waals surface area contributed by atoms with Gasteiger partial charge in [-0.25, -0.2) is 0 Å². The van der Waals surface area contributed by atoms with Crippen molar-refractivity contribution in [3.05, 3.63) is 52.9 Å². The fourth-order valence-electron chi connectivity index (χ4n) is 1.68. The van der Waals surface area contributed by atoms with Gasteiger partial charge in [0.1, 0.15) is 11.3 Å². The van der Waals surface area contributed by atoms with E-state index in [-0.39, 0.29) is 11.2 Å². The van der Waals surface area contributed by atoms with Crippen LogP contribution in [0.5, 0.6) is 5.75 Å². The van der Waals surface area contributed by atoms with Gasteiger partial charge in [0.25, 0.3) is 0 Å². The van der Waals surface area contributed by atoms with Gasteiger partial charge in [-0.05, 0) is 24.3 Å². The lowest BCUT2D eigenvalue weighted by Crippen LogP contribution is -1.99. The zero-order valence-electron chi connectivity index (χ0n) is 8.71. The van der Waals surface area contributed by atoms with Crippen LogP contribution < -0.4 is 5.43 Å². The van der Waals surface area contributed by atoms with Crippen molar-refractivity contribution >= 4 is 11.0 Å². The van der Waals surface area contributed by atoms with Crippen LogP contribution in [-0.4, -0.2) is 5.11 Å². The molecule has 3 aromatic rings. The molecule has 0 aliphatic carbocycles. The summed E-state index contributed by atoms with van der Waals surface area (Å²) in [6.07, 6.45) is 1.50. The quantitative estimate of drug-likeness (QED) is 0.695. The van der Waals surface area contributed by atoms with Crippen molar-refractivity contribution in [2.24, 2.45) is 0 Å². The number of hydrogen-bond acceptors (Lipinski definition) is 4. The van der Waals surface area contributed by atoms with Crippen LogP contribution in [0.4, 0.5) is 0 Å². The maximum Gasteiger partial charge on any atom is 0.193 e. The average molecular weight is 228 g/mol. The maximum absolute atomic E-state index is 11.8. The first-order chi connectivity index (χ1) is 8.24. The lowest BCUT2D eigenvalue weighted by Gasteiger charge is -2.00. The number of hydrogen-bond donors (Lipinski definition) is 1. The highest BCUT2D eigenvalue weighted by Gasteiger charge is 2.09. The number of benzene rings is 1. The molecule has 4 heteroatoms. The van der Waals surface area contributed by atoms with Crippen LogP contribution in [0.15, 0.2) is 56.3 Å². The molecule has 0 atom stereocenters. The molecular formula is C13H8O4. The van der Waals surface area contributed by atoms with Gasteiger partial charge < -0.3 is 13.9 Å². The second kappa shape index (κ2) is 3.52. The molecule has 0 aliphatic heterocycles. The monoisotopic (exact) mass is 228 g/mol. The Bertz CT molecular complexity index is 723. The number of phenols is 1. The maximum atomic E-state index is 11.8. The Labute approximate surface area is 95.7 Å². The van der Waals surface area contributed by atoms with E-state index in [0.29, 0.717) is 22.5 Å². The van der Waals surface area contributed by atoms with Gasteiger partial charge in [0.2, 0.25) is 0 Å². The van der Waals surface area contributed by atoms with Crippen molar-refractivity contribution in [3.8, 4) is 17.3 Å². The van der Waals surface area contributed by atoms with Crippen LogP contribution in [0.3, 0.4) is 0 Å². The Balaban J connectivity index is 2.33. The number of rotatable bonds is 1. The van der Waals surface area contributed by atoms with Crippen LogP contribution in [0.2, 0.25) is 0 Å². The molecule has 0 fully saturated rings. The molecule has 84 valence electrons. The van der Waals surface area contributed by atoms with Crippen LogP contribution in [-0.2, 0) is 0 Å². The second-order valence-electron chi connectivity index (χ2n) is 3.63. The van der Waals surface area contributed by atoms with Gasteiger partial charge in [-0.1, -0.05) is 0 Å². The van der Waals surface area contributed by atoms with E-state index in [4.69, 9.17) is 8.83 Å². The van der Waals surface area contributed by atoms with Gasteiger partial charge in [-0.3, -0.25) is 4.79 Å². The molecule has 0 aliphatic rings. The smallest absolute Gasteiger partial charge is 0.193 e. The van der Waals surface area contributed by atoms with E-state index >= 15 is 0 Å². The minimum atomic E-state index is -0.169. The number of furan rings is 1. The van der Waals surface area contributed by atoms with Gasteiger partial charge in [0.05, 0.1) is 11.6 Å². The fraction of sp³-hybridized carbons (Fsp3) is 0. The summed E-state index contributed by atoms with van der Waals surface area (Å²) in [5.74, 6) is 0.877. The number of aromatic hydroxyl groups is 1. The van der Waals surface area contributed by atoms with E-state index in [1.165, 1.54) is 30.5 Å². The van der Waals surface area contributed by atoms with Gasteiger partial charge in [-0.2, -0.15) is 0 Å². The van der Waals surface area contributed by atoms with Crippen LogP contribution in [0, 0.1) is 0 Å². The third-order valence-corrected chi connectivity index (χ3v) is 2.48. The summed E-state index contributed by atoms with van der Waals surface area (Å²) in [5.41, 5.74) is 0.168. The number of phenolic OH excluding ortho intramolecular Hbond substituents is 1. The Morgan fingerprint density at radius 3 is 2.71 bits per heavy atom. The van der Waals surface area contributed by atoms with Crippen LogP contribution in [0.25, 0.3) is 22.5 Å². The van der Waals surface area contributed by atoms with Crippen molar-refractivity contribution in [3.63, 3.8) is 0 Å². The molecule has 0 saturated carbocycles. The minimum absolute atomic E-state index is 0.0530. The van der Waals surface area contributed by atoms with Crippen LogP contribution in [0.1, 0.15) is 0 Å². The Morgan fingerprint density at radius 1 is 1.06 bits per heavy atom. The summed E-state index contributed by atoms with van der Waals surface area (Å²) in [6, 6.07) is 9.17. The van der Waals surface area contributed by atoms with Gasteiger partial charge >= 0.3 is 0 Å². The van der Waals surface area contributed by atoms with E-state index < -0.39 is 0 Å². The number of fused-ring (bicyclic) bond motifs is 1. The van der Waals surface area contributed by atoms with E-state index in [9.17, 15) is 9.90 Å². The zero-order valence-corrected chi connectivity index (χ0v) is 8.71. The van der Waals surface area contributed by atoms with Crippen molar-refractivity contribution in [2.75, 3.05) is 0 Å². The molecule has 1 N–H and O–H groups in total. The van der Waals surface area contributed by atoms with E-state index in [1.54, 1.807) is 12.1 Å². The summed E-state index contributed by atoms with van der Waals surface area (Å²) in [5, 5.41) is 9.79. The highest BCUT2D eigenvalue weighted by Crippen LogP contribution is 2.24. The molecule has 4 nitrogen and oxygen atoms in total. The molecule has 2 aromatic heterocycles. The molecular weight excluding hydrogens is 220 g/mol. The van der Waals surface area contributed by atoms with E-state index in [1.807, 2.05) is 0 Å². The standard InChI is InChI=1S/C13H8O4/c14-8-3-4-9-10(15)7-13(17-12(9)6-8)11-2-1-5-16-11/h1-7,14H. The average Bonchev–Trinajstić information content (AvgIpc) is 2.81.